The van der Waals surface area contributed by atoms with Crippen LogP contribution in [0.5, 0.6) is 0 Å². The second-order valence-corrected chi connectivity index (χ2v) is 4.30. The molecule has 1 fully saturated rings. The zero-order valence-electron chi connectivity index (χ0n) is 10.00. The molecule has 1 N–H and O–H groups in total. The van der Waals surface area contributed by atoms with Gasteiger partial charge in [0.2, 0.25) is 5.95 Å². The van der Waals surface area contributed by atoms with E-state index in [4.69, 9.17) is 5.11 Å². The van der Waals surface area contributed by atoms with E-state index in [1.807, 2.05) is 19.0 Å². The van der Waals surface area contributed by atoms with Crippen LogP contribution in [0.15, 0.2) is 12.3 Å². The van der Waals surface area contributed by atoms with E-state index in [9.17, 15) is 4.79 Å². The molecule has 0 bridgehead atoms. The van der Waals surface area contributed by atoms with Crippen molar-refractivity contribution in [2.75, 3.05) is 30.4 Å². The van der Waals surface area contributed by atoms with Crippen LogP contribution in [-0.4, -0.2) is 47.7 Å². The van der Waals surface area contributed by atoms with Gasteiger partial charge in [-0.15, -0.1) is 0 Å². The number of carboxylic acids is 1. The maximum atomic E-state index is 11.1. The van der Waals surface area contributed by atoms with Crippen molar-refractivity contribution in [3.05, 3.63) is 12.3 Å². The smallest absolute Gasteiger partial charge is 0.326 e. The SMILES string of the molecule is CN(C)c1nccc(N2CCC[C@@H]2C(=O)O)n1. The zero-order valence-corrected chi connectivity index (χ0v) is 10.00. The summed E-state index contributed by atoms with van der Waals surface area (Å²) in [5, 5.41) is 9.13. The first-order chi connectivity index (χ1) is 8.09. The fraction of sp³-hybridized carbons (Fsp3) is 0.545. The van der Waals surface area contributed by atoms with Crippen LogP contribution < -0.4 is 9.80 Å². The highest BCUT2D eigenvalue weighted by Gasteiger charge is 2.31. The quantitative estimate of drug-likeness (QED) is 0.828. The Morgan fingerprint density at radius 2 is 2.35 bits per heavy atom. The number of aliphatic carboxylic acids is 1. The van der Waals surface area contributed by atoms with Gasteiger partial charge in [-0.25, -0.2) is 9.78 Å². The van der Waals surface area contributed by atoms with Crippen molar-refractivity contribution in [2.24, 2.45) is 0 Å². The average Bonchev–Trinajstić information content (AvgIpc) is 2.78. The molecule has 0 aliphatic carbocycles. The van der Waals surface area contributed by atoms with Crippen LogP contribution >= 0.6 is 0 Å². The first-order valence-electron chi connectivity index (χ1n) is 5.59. The maximum Gasteiger partial charge on any atom is 0.326 e. The number of carboxylic acid groups (broad SMARTS) is 1. The molecule has 1 aromatic heterocycles. The molecule has 6 nitrogen and oxygen atoms in total. The molecule has 1 saturated heterocycles. The van der Waals surface area contributed by atoms with Gasteiger partial charge < -0.3 is 14.9 Å². The lowest BCUT2D eigenvalue weighted by Crippen LogP contribution is -2.36. The Labute approximate surface area is 99.9 Å². The summed E-state index contributed by atoms with van der Waals surface area (Å²) in [5.74, 6) is 0.500. The second kappa shape index (κ2) is 4.57. The number of nitrogens with zero attached hydrogens (tertiary/aromatic N) is 4. The molecule has 0 radical (unpaired) electrons. The molecule has 0 unspecified atom stereocenters. The van der Waals surface area contributed by atoms with Crippen molar-refractivity contribution in [3.63, 3.8) is 0 Å². The molecule has 17 heavy (non-hydrogen) atoms. The largest absolute Gasteiger partial charge is 0.480 e. The molecule has 0 amide bonds. The summed E-state index contributed by atoms with van der Waals surface area (Å²) in [6.45, 7) is 0.737. The number of carbonyl (C=O) groups is 1. The lowest BCUT2D eigenvalue weighted by Gasteiger charge is -2.23. The highest BCUT2D eigenvalue weighted by Crippen LogP contribution is 2.24. The van der Waals surface area contributed by atoms with Gasteiger partial charge in [0.05, 0.1) is 0 Å². The van der Waals surface area contributed by atoms with Gasteiger partial charge in [-0.2, -0.15) is 4.98 Å². The molecule has 0 saturated carbocycles. The number of anilines is 2. The summed E-state index contributed by atoms with van der Waals surface area (Å²) >= 11 is 0. The van der Waals surface area contributed by atoms with Gasteiger partial charge in [-0.1, -0.05) is 0 Å². The van der Waals surface area contributed by atoms with Gasteiger partial charge in [0.25, 0.3) is 0 Å². The lowest BCUT2D eigenvalue weighted by molar-refractivity contribution is -0.138. The molecule has 1 aliphatic heterocycles. The van der Waals surface area contributed by atoms with Gasteiger partial charge in [0, 0.05) is 26.8 Å². The third kappa shape index (κ3) is 2.30. The molecule has 92 valence electrons. The minimum absolute atomic E-state index is 0.458. The Kier molecular flexibility index (Phi) is 3.12. The maximum absolute atomic E-state index is 11.1. The normalized spacial score (nSPS) is 19.4. The van der Waals surface area contributed by atoms with Crippen molar-refractivity contribution >= 4 is 17.7 Å². The first-order valence-corrected chi connectivity index (χ1v) is 5.59. The molecule has 1 aliphatic rings. The summed E-state index contributed by atoms with van der Waals surface area (Å²) < 4.78 is 0. The van der Waals surface area contributed by atoms with Crippen molar-refractivity contribution in [3.8, 4) is 0 Å². The minimum atomic E-state index is -0.785. The highest BCUT2D eigenvalue weighted by atomic mass is 16.4. The van der Waals surface area contributed by atoms with Crippen LogP contribution in [0.4, 0.5) is 11.8 Å². The van der Waals surface area contributed by atoms with E-state index in [0.717, 1.165) is 13.0 Å². The van der Waals surface area contributed by atoms with Crippen molar-refractivity contribution in [2.45, 2.75) is 18.9 Å². The molecule has 0 spiro atoms. The standard InChI is InChI=1S/C11H16N4O2/c1-14(2)11-12-6-5-9(13-11)15-7-3-4-8(15)10(16)17/h5-6,8H,3-4,7H2,1-2H3,(H,16,17)/t8-/m1/s1. The van der Waals surface area contributed by atoms with Crippen LogP contribution in [0.2, 0.25) is 0 Å². The molecular formula is C11H16N4O2. The third-order valence-corrected chi connectivity index (χ3v) is 2.86. The molecule has 2 rings (SSSR count). The van der Waals surface area contributed by atoms with Gasteiger partial charge >= 0.3 is 5.97 Å². The monoisotopic (exact) mass is 236 g/mol. The number of hydrogen-bond acceptors (Lipinski definition) is 5. The topological polar surface area (TPSA) is 69.6 Å². The predicted octanol–water partition coefficient (Wildman–Crippen LogP) is 0.596. The van der Waals surface area contributed by atoms with E-state index in [0.29, 0.717) is 18.2 Å². The highest BCUT2D eigenvalue weighted by molar-refractivity contribution is 5.78. The fourth-order valence-electron chi connectivity index (χ4n) is 2.01. The Balaban J connectivity index is 2.27. The van der Waals surface area contributed by atoms with E-state index < -0.39 is 12.0 Å². The second-order valence-electron chi connectivity index (χ2n) is 4.30. The van der Waals surface area contributed by atoms with E-state index in [1.54, 1.807) is 17.2 Å². The Morgan fingerprint density at radius 3 is 3.00 bits per heavy atom. The molecule has 6 heteroatoms. The summed E-state index contributed by atoms with van der Waals surface area (Å²) in [4.78, 5) is 23.2. The molecule has 0 aromatic carbocycles. The van der Waals surface area contributed by atoms with Crippen molar-refractivity contribution in [1.82, 2.24) is 9.97 Å². The van der Waals surface area contributed by atoms with Crippen molar-refractivity contribution in [1.29, 1.82) is 0 Å². The summed E-state index contributed by atoms with van der Waals surface area (Å²) in [5.41, 5.74) is 0. The van der Waals surface area contributed by atoms with Gasteiger partial charge in [-0.05, 0) is 18.9 Å². The van der Waals surface area contributed by atoms with Crippen LogP contribution in [0.25, 0.3) is 0 Å². The molecule has 1 atom stereocenters. The van der Waals surface area contributed by atoms with E-state index in [1.165, 1.54) is 0 Å². The predicted molar refractivity (Wildman–Crippen MR) is 64.4 cm³/mol. The Hall–Kier alpha value is -1.85. The lowest BCUT2D eigenvalue weighted by atomic mass is 10.2. The van der Waals surface area contributed by atoms with Crippen LogP contribution in [0, 0.1) is 0 Å². The molecular weight excluding hydrogens is 220 g/mol. The molecule has 1 aromatic rings. The number of hydrogen-bond donors (Lipinski definition) is 1. The summed E-state index contributed by atoms with van der Waals surface area (Å²) in [6, 6.07) is 1.30. The zero-order chi connectivity index (χ0) is 12.4. The number of aromatic nitrogens is 2. The van der Waals surface area contributed by atoms with E-state index >= 15 is 0 Å². The van der Waals surface area contributed by atoms with Gasteiger partial charge in [-0.3, -0.25) is 0 Å². The summed E-state index contributed by atoms with van der Waals surface area (Å²) in [7, 11) is 3.72. The third-order valence-electron chi connectivity index (χ3n) is 2.86. The van der Waals surface area contributed by atoms with Crippen molar-refractivity contribution < 1.29 is 9.90 Å². The Morgan fingerprint density at radius 1 is 1.59 bits per heavy atom. The van der Waals surface area contributed by atoms with Crippen LogP contribution in [0.1, 0.15) is 12.8 Å². The van der Waals surface area contributed by atoms with E-state index in [2.05, 4.69) is 9.97 Å². The molecule has 2 heterocycles. The van der Waals surface area contributed by atoms with Crippen LogP contribution in [0.3, 0.4) is 0 Å². The fourth-order valence-corrected chi connectivity index (χ4v) is 2.01. The summed E-state index contributed by atoms with van der Waals surface area (Å²) in [6.07, 6.45) is 3.23. The van der Waals surface area contributed by atoms with E-state index in [-0.39, 0.29) is 0 Å². The average molecular weight is 236 g/mol. The van der Waals surface area contributed by atoms with Gasteiger partial charge in [0.1, 0.15) is 11.9 Å². The minimum Gasteiger partial charge on any atom is -0.480 e. The number of rotatable bonds is 3. The Bertz CT molecular complexity index is 422. The van der Waals surface area contributed by atoms with Crippen LogP contribution in [-0.2, 0) is 4.79 Å². The first kappa shape index (κ1) is 11.6. The van der Waals surface area contributed by atoms with Gasteiger partial charge in [0.15, 0.2) is 0 Å².